The summed E-state index contributed by atoms with van der Waals surface area (Å²) in [5.41, 5.74) is 0.730. The van der Waals surface area contributed by atoms with E-state index in [1.165, 1.54) is 25.0 Å². The Bertz CT molecular complexity index is 432. The molecule has 1 rings (SSSR count). The van der Waals surface area contributed by atoms with Crippen LogP contribution in [0.25, 0.3) is 0 Å². The summed E-state index contributed by atoms with van der Waals surface area (Å²) in [6.45, 7) is 4.79. The van der Waals surface area contributed by atoms with E-state index < -0.39 is 0 Å². The average molecular weight is 279 g/mol. The molecule has 0 aromatic heterocycles. The molecule has 112 valence electrons. The molecule has 0 radical (unpaired) electrons. The number of amides is 1. The van der Waals surface area contributed by atoms with Crippen molar-refractivity contribution in [3.63, 3.8) is 0 Å². The number of rotatable bonds is 8. The van der Waals surface area contributed by atoms with Crippen LogP contribution >= 0.6 is 0 Å². The summed E-state index contributed by atoms with van der Waals surface area (Å²) in [5.74, 6) is -0.651. The van der Waals surface area contributed by atoms with Crippen molar-refractivity contribution in [3.8, 4) is 11.5 Å². The lowest BCUT2D eigenvalue weighted by molar-refractivity contribution is -0.122. The van der Waals surface area contributed by atoms with Gasteiger partial charge in [0, 0.05) is 6.54 Å². The van der Waals surface area contributed by atoms with Crippen molar-refractivity contribution in [2.45, 2.75) is 51.9 Å². The van der Waals surface area contributed by atoms with E-state index in [1.807, 2.05) is 6.92 Å². The minimum Gasteiger partial charge on any atom is -0.504 e. The van der Waals surface area contributed by atoms with Crippen LogP contribution in [0.4, 0.5) is 0 Å². The van der Waals surface area contributed by atoms with E-state index in [0.29, 0.717) is 13.0 Å². The topological polar surface area (TPSA) is 69.6 Å². The zero-order valence-electron chi connectivity index (χ0n) is 12.4. The van der Waals surface area contributed by atoms with Gasteiger partial charge in [-0.15, -0.1) is 0 Å². The molecule has 4 heteroatoms. The first kappa shape index (κ1) is 16.3. The zero-order chi connectivity index (χ0) is 15.0. The summed E-state index contributed by atoms with van der Waals surface area (Å²) < 4.78 is 0. The molecule has 4 nitrogen and oxygen atoms in total. The molecule has 0 aliphatic rings. The van der Waals surface area contributed by atoms with E-state index in [4.69, 9.17) is 0 Å². The Labute approximate surface area is 120 Å². The molecule has 1 amide bonds. The molecule has 0 heterocycles. The molecule has 1 aromatic rings. The third-order valence-corrected chi connectivity index (χ3v) is 3.46. The van der Waals surface area contributed by atoms with Crippen LogP contribution in [0.3, 0.4) is 0 Å². The van der Waals surface area contributed by atoms with Gasteiger partial charge in [-0.25, -0.2) is 0 Å². The summed E-state index contributed by atoms with van der Waals surface area (Å²) in [5, 5.41) is 21.8. The molecule has 1 aromatic carbocycles. The fourth-order valence-corrected chi connectivity index (χ4v) is 2.22. The van der Waals surface area contributed by atoms with Crippen molar-refractivity contribution in [2.75, 3.05) is 6.54 Å². The van der Waals surface area contributed by atoms with E-state index in [-0.39, 0.29) is 23.3 Å². The van der Waals surface area contributed by atoms with Gasteiger partial charge < -0.3 is 15.5 Å². The predicted molar refractivity (Wildman–Crippen MR) is 80.0 cm³/mol. The maximum Gasteiger partial charge on any atom is 0.227 e. The minimum absolute atomic E-state index is 0.0194. The highest BCUT2D eigenvalue weighted by Gasteiger charge is 2.19. The quantitative estimate of drug-likeness (QED) is 0.505. The van der Waals surface area contributed by atoms with Gasteiger partial charge in [0.05, 0.1) is 5.92 Å². The Morgan fingerprint density at radius 3 is 2.50 bits per heavy atom. The second-order valence-electron chi connectivity index (χ2n) is 5.06. The maximum atomic E-state index is 12.1. The molecule has 0 aliphatic heterocycles. The van der Waals surface area contributed by atoms with Crippen molar-refractivity contribution >= 4 is 5.91 Å². The largest absolute Gasteiger partial charge is 0.504 e. The van der Waals surface area contributed by atoms with Crippen LogP contribution in [-0.4, -0.2) is 22.7 Å². The Hall–Kier alpha value is -1.71. The molecule has 20 heavy (non-hydrogen) atoms. The van der Waals surface area contributed by atoms with Gasteiger partial charge in [-0.2, -0.15) is 0 Å². The molecule has 0 saturated heterocycles. The predicted octanol–water partition coefficient (Wildman–Crippen LogP) is 3.29. The van der Waals surface area contributed by atoms with Gasteiger partial charge in [0.1, 0.15) is 0 Å². The number of hydrogen-bond acceptors (Lipinski definition) is 3. The number of hydrogen-bond donors (Lipinski definition) is 3. The van der Waals surface area contributed by atoms with Crippen LogP contribution in [0.5, 0.6) is 11.5 Å². The van der Waals surface area contributed by atoms with Gasteiger partial charge in [0.2, 0.25) is 5.91 Å². The van der Waals surface area contributed by atoms with Gasteiger partial charge in [-0.3, -0.25) is 4.79 Å². The molecular weight excluding hydrogens is 254 g/mol. The standard InChI is InChI=1S/C16H25NO3/c1-3-5-6-7-10-17-16(20)13(4-2)12-8-9-14(18)15(19)11-12/h8-9,11,13,18-19H,3-7,10H2,1-2H3,(H,17,20). The highest BCUT2D eigenvalue weighted by Crippen LogP contribution is 2.30. The monoisotopic (exact) mass is 279 g/mol. The maximum absolute atomic E-state index is 12.1. The number of carbonyl (C=O) groups is 1. The number of unbranched alkanes of at least 4 members (excludes halogenated alkanes) is 3. The van der Waals surface area contributed by atoms with Crippen LogP contribution in [-0.2, 0) is 4.79 Å². The molecule has 0 fully saturated rings. The minimum atomic E-state index is -0.285. The molecule has 3 N–H and O–H groups in total. The van der Waals surface area contributed by atoms with Crippen molar-refractivity contribution in [3.05, 3.63) is 23.8 Å². The van der Waals surface area contributed by atoms with E-state index in [1.54, 1.807) is 6.07 Å². The van der Waals surface area contributed by atoms with Crippen molar-refractivity contribution in [1.29, 1.82) is 0 Å². The summed E-state index contributed by atoms with van der Waals surface area (Å²) in [4.78, 5) is 12.1. The van der Waals surface area contributed by atoms with Gasteiger partial charge in [-0.05, 0) is 30.5 Å². The lowest BCUT2D eigenvalue weighted by Crippen LogP contribution is -2.29. The van der Waals surface area contributed by atoms with Crippen LogP contribution < -0.4 is 5.32 Å². The Balaban J connectivity index is 2.56. The average Bonchev–Trinajstić information content (AvgIpc) is 2.43. The molecule has 1 unspecified atom stereocenters. The number of aromatic hydroxyl groups is 2. The number of nitrogens with one attached hydrogen (secondary N) is 1. The summed E-state index contributed by atoms with van der Waals surface area (Å²) in [6.07, 6.45) is 5.16. The summed E-state index contributed by atoms with van der Waals surface area (Å²) >= 11 is 0. The molecule has 0 aliphatic carbocycles. The molecule has 0 bridgehead atoms. The highest BCUT2D eigenvalue weighted by atomic mass is 16.3. The van der Waals surface area contributed by atoms with E-state index >= 15 is 0 Å². The zero-order valence-corrected chi connectivity index (χ0v) is 12.4. The second-order valence-corrected chi connectivity index (χ2v) is 5.06. The highest BCUT2D eigenvalue weighted by molar-refractivity contribution is 5.83. The van der Waals surface area contributed by atoms with E-state index in [2.05, 4.69) is 12.2 Å². The lowest BCUT2D eigenvalue weighted by atomic mass is 9.95. The molecule has 1 atom stereocenters. The first-order valence-electron chi connectivity index (χ1n) is 7.39. The van der Waals surface area contributed by atoms with E-state index in [9.17, 15) is 15.0 Å². The summed E-state index contributed by atoms with van der Waals surface area (Å²) in [6, 6.07) is 4.56. The third-order valence-electron chi connectivity index (χ3n) is 3.46. The number of phenols is 2. The number of benzene rings is 1. The third kappa shape index (κ3) is 4.76. The normalized spacial score (nSPS) is 12.1. The Morgan fingerprint density at radius 2 is 1.90 bits per heavy atom. The van der Waals surface area contributed by atoms with Crippen molar-refractivity contribution in [1.82, 2.24) is 5.32 Å². The van der Waals surface area contributed by atoms with Crippen LogP contribution in [0.15, 0.2) is 18.2 Å². The number of phenolic OH excluding ortho intramolecular Hbond substituents is 2. The molecule has 0 spiro atoms. The lowest BCUT2D eigenvalue weighted by Gasteiger charge is -2.16. The molecular formula is C16H25NO3. The van der Waals surface area contributed by atoms with Crippen LogP contribution in [0.1, 0.15) is 57.4 Å². The van der Waals surface area contributed by atoms with Gasteiger partial charge in [-0.1, -0.05) is 39.2 Å². The summed E-state index contributed by atoms with van der Waals surface area (Å²) in [7, 11) is 0. The SMILES string of the molecule is CCCCCCNC(=O)C(CC)c1ccc(O)c(O)c1. The van der Waals surface area contributed by atoms with Crippen LogP contribution in [0, 0.1) is 0 Å². The second kappa shape index (κ2) is 8.46. The fraction of sp³-hybridized carbons (Fsp3) is 0.562. The Kier molecular flexibility index (Phi) is 6.91. The Morgan fingerprint density at radius 1 is 1.15 bits per heavy atom. The van der Waals surface area contributed by atoms with Gasteiger partial charge >= 0.3 is 0 Å². The first-order valence-corrected chi connectivity index (χ1v) is 7.39. The first-order chi connectivity index (χ1) is 9.60. The van der Waals surface area contributed by atoms with Gasteiger partial charge in [0.25, 0.3) is 0 Å². The van der Waals surface area contributed by atoms with Crippen molar-refractivity contribution in [2.24, 2.45) is 0 Å². The smallest absolute Gasteiger partial charge is 0.227 e. The van der Waals surface area contributed by atoms with E-state index in [0.717, 1.165) is 18.4 Å². The number of carbonyl (C=O) groups excluding carboxylic acids is 1. The molecule has 0 saturated carbocycles. The fourth-order valence-electron chi connectivity index (χ4n) is 2.22. The van der Waals surface area contributed by atoms with Crippen molar-refractivity contribution < 1.29 is 15.0 Å². The van der Waals surface area contributed by atoms with Gasteiger partial charge in [0.15, 0.2) is 11.5 Å². The van der Waals surface area contributed by atoms with Crippen LogP contribution in [0.2, 0.25) is 0 Å².